The second kappa shape index (κ2) is 8.81. The summed E-state index contributed by atoms with van der Waals surface area (Å²) in [4.78, 5) is 22.1. The zero-order valence-electron chi connectivity index (χ0n) is 10.7. The van der Waals surface area contributed by atoms with Gasteiger partial charge in [0.15, 0.2) is 0 Å². The van der Waals surface area contributed by atoms with E-state index in [4.69, 9.17) is 9.84 Å². The number of rotatable bonds is 8. The number of hydrogen-bond acceptors (Lipinski definition) is 3. The molecule has 17 heavy (non-hydrogen) atoms. The van der Waals surface area contributed by atoms with Gasteiger partial charge < -0.3 is 20.5 Å². The molecule has 0 rings (SSSR count). The first-order valence-corrected chi connectivity index (χ1v) is 5.86. The Morgan fingerprint density at radius 1 is 1.35 bits per heavy atom. The van der Waals surface area contributed by atoms with Gasteiger partial charge in [-0.05, 0) is 20.3 Å². The molecular weight excluding hydrogens is 224 g/mol. The standard InChI is InChI=1S/C11H22N2O4/c1-4-5-9(10(14)15)13-11(16)12-6-7-17-8(2)3/h8-9H,4-7H2,1-3H3,(H,14,15)(H2,12,13,16)/t9-/m0/s1. The molecule has 0 aliphatic rings. The lowest BCUT2D eigenvalue weighted by molar-refractivity contribution is -0.139. The van der Waals surface area contributed by atoms with Gasteiger partial charge in [-0.15, -0.1) is 0 Å². The number of nitrogens with one attached hydrogen (secondary N) is 2. The highest BCUT2D eigenvalue weighted by molar-refractivity contribution is 5.82. The molecule has 0 aromatic rings. The maximum Gasteiger partial charge on any atom is 0.326 e. The second-order valence-electron chi connectivity index (χ2n) is 4.00. The van der Waals surface area contributed by atoms with Crippen LogP contribution in [0.3, 0.4) is 0 Å². The van der Waals surface area contributed by atoms with E-state index in [2.05, 4.69) is 10.6 Å². The zero-order valence-corrected chi connectivity index (χ0v) is 10.7. The number of ether oxygens (including phenoxy) is 1. The Balaban J connectivity index is 3.78. The molecule has 0 fully saturated rings. The summed E-state index contributed by atoms with van der Waals surface area (Å²) >= 11 is 0. The van der Waals surface area contributed by atoms with Crippen molar-refractivity contribution in [3.63, 3.8) is 0 Å². The summed E-state index contributed by atoms with van der Waals surface area (Å²) in [5.41, 5.74) is 0. The highest BCUT2D eigenvalue weighted by Gasteiger charge is 2.18. The van der Waals surface area contributed by atoms with Crippen molar-refractivity contribution in [3.05, 3.63) is 0 Å². The number of carbonyl (C=O) groups is 2. The van der Waals surface area contributed by atoms with E-state index in [1.807, 2.05) is 20.8 Å². The predicted octanol–water partition coefficient (Wildman–Crippen LogP) is 0.964. The molecule has 0 saturated heterocycles. The minimum Gasteiger partial charge on any atom is -0.480 e. The van der Waals surface area contributed by atoms with E-state index in [0.29, 0.717) is 26.0 Å². The van der Waals surface area contributed by atoms with Gasteiger partial charge in [0.25, 0.3) is 0 Å². The van der Waals surface area contributed by atoms with Crippen molar-refractivity contribution < 1.29 is 19.4 Å². The number of hydrogen-bond donors (Lipinski definition) is 3. The third-order valence-corrected chi connectivity index (χ3v) is 2.02. The number of urea groups is 1. The van der Waals surface area contributed by atoms with Crippen molar-refractivity contribution in [1.82, 2.24) is 10.6 Å². The Hall–Kier alpha value is -1.30. The molecule has 0 spiro atoms. The molecule has 0 aliphatic heterocycles. The Bertz CT molecular complexity index is 244. The van der Waals surface area contributed by atoms with Crippen molar-refractivity contribution in [2.24, 2.45) is 0 Å². The Morgan fingerprint density at radius 2 is 2.00 bits per heavy atom. The molecule has 0 aromatic heterocycles. The average Bonchev–Trinajstić information content (AvgIpc) is 2.23. The number of amides is 2. The summed E-state index contributed by atoms with van der Waals surface area (Å²) in [6, 6.07) is -1.30. The second-order valence-corrected chi connectivity index (χ2v) is 4.00. The van der Waals surface area contributed by atoms with Gasteiger partial charge in [0.05, 0.1) is 12.7 Å². The summed E-state index contributed by atoms with van der Waals surface area (Å²) in [5.74, 6) is -1.01. The lowest BCUT2D eigenvalue weighted by Gasteiger charge is -2.14. The van der Waals surface area contributed by atoms with Crippen LogP contribution >= 0.6 is 0 Å². The fourth-order valence-corrected chi connectivity index (χ4v) is 1.21. The Morgan fingerprint density at radius 3 is 2.47 bits per heavy atom. The van der Waals surface area contributed by atoms with Crippen molar-refractivity contribution in [3.8, 4) is 0 Å². The van der Waals surface area contributed by atoms with Crippen LogP contribution in [0.2, 0.25) is 0 Å². The summed E-state index contributed by atoms with van der Waals surface area (Å²) in [7, 11) is 0. The summed E-state index contributed by atoms with van der Waals surface area (Å²) in [5, 5.41) is 13.8. The maximum atomic E-state index is 11.3. The fraction of sp³-hybridized carbons (Fsp3) is 0.818. The van der Waals surface area contributed by atoms with Gasteiger partial charge in [-0.2, -0.15) is 0 Å². The van der Waals surface area contributed by atoms with Crippen molar-refractivity contribution in [2.45, 2.75) is 45.8 Å². The Labute approximate surface area is 102 Å². The summed E-state index contributed by atoms with van der Waals surface area (Å²) < 4.78 is 5.23. The summed E-state index contributed by atoms with van der Waals surface area (Å²) in [6.07, 6.45) is 1.24. The number of aliphatic carboxylic acids is 1. The van der Waals surface area contributed by atoms with Crippen LogP contribution in [0.25, 0.3) is 0 Å². The highest BCUT2D eigenvalue weighted by atomic mass is 16.5. The summed E-state index contributed by atoms with van der Waals surface area (Å²) in [6.45, 7) is 6.45. The maximum absolute atomic E-state index is 11.3. The lowest BCUT2D eigenvalue weighted by atomic mass is 10.2. The van der Waals surface area contributed by atoms with Crippen LogP contribution in [-0.4, -0.2) is 42.4 Å². The quantitative estimate of drug-likeness (QED) is 0.557. The molecule has 0 heterocycles. The lowest BCUT2D eigenvalue weighted by Crippen LogP contribution is -2.46. The van der Waals surface area contributed by atoms with Crippen molar-refractivity contribution in [2.75, 3.05) is 13.2 Å². The van der Waals surface area contributed by atoms with Gasteiger partial charge in [-0.3, -0.25) is 0 Å². The normalized spacial score (nSPS) is 12.2. The molecule has 100 valence electrons. The van der Waals surface area contributed by atoms with E-state index in [1.165, 1.54) is 0 Å². The van der Waals surface area contributed by atoms with Crippen LogP contribution in [0.4, 0.5) is 4.79 Å². The van der Waals surface area contributed by atoms with E-state index in [-0.39, 0.29) is 6.10 Å². The van der Waals surface area contributed by atoms with Gasteiger partial charge in [0, 0.05) is 6.54 Å². The van der Waals surface area contributed by atoms with E-state index >= 15 is 0 Å². The first-order valence-electron chi connectivity index (χ1n) is 5.86. The van der Waals surface area contributed by atoms with Crippen molar-refractivity contribution in [1.29, 1.82) is 0 Å². The van der Waals surface area contributed by atoms with Gasteiger partial charge in [-0.25, -0.2) is 9.59 Å². The van der Waals surface area contributed by atoms with E-state index in [9.17, 15) is 9.59 Å². The fourth-order valence-electron chi connectivity index (χ4n) is 1.21. The molecule has 0 aliphatic carbocycles. The third kappa shape index (κ3) is 8.50. The highest BCUT2D eigenvalue weighted by Crippen LogP contribution is 1.96. The van der Waals surface area contributed by atoms with Gasteiger partial charge in [-0.1, -0.05) is 13.3 Å². The molecule has 2 amide bonds. The Kier molecular flexibility index (Phi) is 8.13. The molecular formula is C11H22N2O4. The smallest absolute Gasteiger partial charge is 0.326 e. The first kappa shape index (κ1) is 15.7. The number of carboxylic acids is 1. The number of carbonyl (C=O) groups excluding carboxylic acids is 1. The topological polar surface area (TPSA) is 87.7 Å². The van der Waals surface area contributed by atoms with Crippen LogP contribution < -0.4 is 10.6 Å². The van der Waals surface area contributed by atoms with Gasteiger partial charge in [0.2, 0.25) is 0 Å². The molecule has 0 saturated carbocycles. The molecule has 6 heteroatoms. The minimum absolute atomic E-state index is 0.117. The third-order valence-electron chi connectivity index (χ3n) is 2.02. The molecule has 3 N–H and O–H groups in total. The van der Waals surface area contributed by atoms with Gasteiger partial charge >= 0.3 is 12.0 Å². The predicted molar refractivity (Wildman–Crippen MR) is 64.0 cm³/mol. The monoisotopic (exact) mass is 246 g/mol. The van der Waals surface area contributed by atoms with Gasteiger partial charge in [0.1, 0.15) is 6.04 Å². The zero-order chi connectivity index (χ0) is 13.3. The van der Waals surface area contributed by atoms with Crippen LogP contribution in [0, 0.1) is 0 Å². The molecule has 0 aromatic carbocycles. The van der Waals surface area contributed by atoms with E-state index in [0.717, 1.165) is 0 Å². The minimum atomic E-state index is -1.01. The molecule has 1 atom stereocenters. The average molecular weight is 246 g/mol. The first-order chi connectivity index (χ1) is 7.97. The van der Waals surface area contributed by atoms with Crippen molar-refractivity contribution >= 4 is 12.0 Å². The molecule has 6 nitrogen and oxygen atoms in total. The van der Waals surface area contributed by atoms with Crippen LogP contribution in [0.15, 0.2) is 0 Å². The molecule has 0 bridgehead atoms. The van der Waals surface area contributed by atoms with Crippen LogP contribution in [-0.2, 0) is 9.53 Å². The van der Waals surface area contributed by atoms with E-state index in [1.54, 1.807) is 0 Å². The molecule has 0 radical (unpaired) electrons. The molecule has 0 unspecified atom stereocenters. The largest absolute Gasteiger partial charge is 0.480 e. The van der Waals surface area contributed by atoms with Crippen LogP contribution in [0.1, 0.15) is 33.6 Å². The van der Waals surface area contributed by atoms with Crippen LogP contribution in [0.5, 0.6) is 0 Å². The van der Waals surface area contributed by atoms with E-state index < -0.39 is 18.0 Å². The SMILES string of the molecule is CCC[C@H](NC(=O)NCCOC(C)C)C(=O)O. The number of carboxylic acid groups (broad SMARTS) is 1.